The Bertz CT molecular complexity index is 545. The number of halogens is 2. The van der Waals surface area contributed by atoms with Crippen molar-refractivity contribution >= 4 is 33.4 Å². The van der Waals surface area contributed by atoms with Crippen molar-refractivity contribution in [1.82, 2.24) is 5.32 Å². The Balaban J connectivity index is 2.39. The number of rotatable bonds is 1. The van der Waals surface area contributed by atoms with Crippen molar-refractivity contribution in [3.05, 3.63) is 28.5 Å². The largest absolute Gasteiger partial charge is 0.342 e. The van der Waals surface area contributed by atoms with Crippen LogP contribution < -0.4 is 10.2 Å². The summed E-state index contributed by atoms with van der Waals surface area (Å²) in [6, 6.07) is 4.36. The number of benzene rings is 1. The molecule has 0 unspecified atom stereocenters. The fourth-order valence-electron chi connectivity index (χ4n) is 2.02. The zero-order chi connectivity index (χ0) is 14.2. The van der Waals surface area contributed by atoms with Crippen molar-refractivity contribution in [3.63, 3.8) is 0 Å². The first kappa shape index (κ1) is 14.0. The molecule has 1 heterocycles. The number of nitrogens with zero attached hydrogens (tertiary/aromatic N) is 1. The van der Waals surface area contributed by atoms with Crippen molar-refractivity contribution < 1.29 is 14.0 Å². The van der Waals surface area contributed by atoms with Gasteiger partial charge in [0.05, 0.1) is 4.47 Å². The lowest BCUT2D eigenvalue weighted by Crippen LogP contribution is -2.53. The molecule has 2 amide bonds. The zero-order valence-corrected chi connectivity index (χ0v) is 12.3. The smallest absolute Gasteiger partial charge is 0.252 e. The summed E-state index contributed by atoms with van der Waals surface area (Å²) in [5, 5.41) is 2.68. The monoisotopic (exact) mass is 328 g/mol. The second kappa shape index (κ2) is 4.92. The van der Waals surface area contributed by atoms with Gasteiger partial charge in [-0.25, -0.2) is 4.39 Å². The first-order chi connectivity index (χ1) is 8.81. The standard InChI is InChI=1S/C13H14BrFN2O2/c1-13(2)12(19)17(6-5-11(18)16-13)8-3-4-10(15)9(14)7-8/h3-4,7H,5-6H2,1-2H3,(H,16,18). The molecule has 6 heteroatoms. The lowest BCUT2D eigenvalue weighted by atomic mass is 10.0. The summed E-state index contributed by atoms with van der Waals surface area (Å²) < 4.78 is 13.5. The molecule has 0 saturated carbocycles. The van der Waals surface area contributed by atoms with E-state index in [9.17, 15) is 14.0 Å². The second-order valence-corrected chi connectivity index (χ2v) is 5.83. The van der Waals surface area contributed by atoms with E-state index < -0.39 is 5.54 Å². The maximum absolute atomic E-state index is 13.2. The molecule has 2 rings (SSSR count). The minimum absolute atomic E-state index is 0.165. The first-order valence-corrected chi connectivity index (χ1v) is 6.68. The van der Waals surface area contributed by atoms with Gasteiger partial charge in [-0.3, -0.25) is 9.59 Å². The molecule has 0 aromatic heterocycles. The summed E-state index contributed by atoms with van der Waals surface area (Å²) in [6.07, 6.45) is 0.226. The number of carbonyl (C=O) groups is 2. The number of amides is 2. The fraction of sp³-hybridized carbons (Fsp3) is 0.385. The van der Waals surface area contributed by atoms with Crippen LogP contribution in [0.25, 0.3) is 0 Å². The number of carbonyl (C=O) groups excluding carboxylic acids is 2. The summed E-state index contributed by atoms with van der Waals surface area (Å²) in [4.78, 5) is 25.5. The zero-order valence-electron chi connectivity index (χ0n) is 10.7. The topological polar surface area (TPSA) is 49.4 Å². The predicted molar refractivity (Wildman–Crippen MR) is 73.3 cm³/mol. The van der Waals surface area contributed by atoms with Gasteiger partial charge >= 0.3 is 0 Å². The van der Waals surface area contributed by atoms with Crippen LogP contribution in [-0.4, -0.2) is 23.9 Å². The van der Waals surface area contributed by atoms with E-state index in [1.807, 2.05) is 0 Å². The summed E-state index contributed by atoms with van der Waals surface area (Å²) >= 11 is 3.10. The number of nitrogens with one attached hydrogen (secondary N) is 1. The summed E-state index contributed by atoms with van der Waals surface area (Å²) in [5.41, 5.74) is -0.392. The Hall–Kier alpha value is -1.43. The van der Waals surface area contributed by atoms with E-state index >= 15 is 0 Å². The van der Waals surface area contributed by atoms with Gasteiger partial charge in [-0.15, -0.1) is 0 Å². The maximum Gasteiger partial charge on any atom is 0.252 e. The lowest BCUT2D eigenvalue weighted by molar-refractivity contribution is -0.128. The van der Waals surface area contributed by atoms with Crippen molar-refractivity contribution in [2.24, 2.45) is 0 Å². The van der Waals surface area contributed by atoms with E-state index in [0.29, 0.717) is 10.2 Å². The lowest BCUT2D eigenvalue weighted by Gasteiger charge is -2.29. The van der Waals surface area contributed by atoms with Crippen LogP contribution in [0.5, 0.6) is 0 Å². The van der Waals surface area contributed by atoms with Gasteiger partial charge in [0.15, 0.2) is 0 Å². The van der Waals surface area contributed by atoms with Crippen molar-refractivity contribution in [3.8, 4) is 0 Å². The molecule has 4 nitrogen and oxygen atoms in total. The minimum atomic E-state index is -0.964. The molecule has 0 aliphatic carbocycles. The Kier molecular flexibility index (Phi) is 3.62. The van der Waals surface area contributed by atoms with Crippen molar-refractivity contribution in [2.75, 3.05) is 11.4 Å². The number of hydrogen-bond donors (Lipinski definition) is 1. The van der Waals surface area contributed by atoms with Crippen LogP contribution in [0.2, 0.25) is 0 Å². The van der Waals surface area contributed by atoms with Crippen LogP contribution in [0.4, 0.5) is 10.1 Å². The van der Waals surface area contributed by atoms with Crippen LogP contribution in [0, 0.1) is 5.82 Å². The van der Waals surface area contributed by atoms with Gasteiger partial charge in [0.1, 0.15) is 11.4 Å². The molecule has 19 heavy (non-hydrogen) atoms. The fourth-order valence-corrected chi connectivity index (χ4v) is 2.38. The molecule has 102 valence electrons. The van der Waals surface area contributed by atoms with Crippen LogP contribution >= 0.6 is 15.9 Å². The molecule has 1 aliphatic heterocycles. The Morgan fingerprint density at radius 3 is 2.68 bits per heavy atom. The molecule has 1 aromatic carbocycles. The Labute approximate surface area is 119 Å². The Morgan fingerprint density at radius 1 is 1.37 bits per heavy atom. The summed E-state index contributed by atoms with van der Waals surface area (Å²) in [7, 11) is 0. The maximum atomic E-state index is 13.2. The van der Waals surface area contributed by atoms with Crippen molar-refractivity contribution in [1.29, 1.82) is 0 Å². The van der Waals surface area contributed by atoms with Gasteiger partial charge in [-0.2, -0.15) is 0 Å². The van der Waals surface area contributed by atoms with E-state index in [0.717, 1.165) is 0 Å². The molecule has 0 atom stereocenters. The van der Waals surface area contributed by atoms with E-state index in [-0.39, 0.29) is 30.6 Å². The molecule has 1 saturated heterocycles. The van der Waals surface area contributed by atoms with Gasteiger partial charge < -0.3 is 10.2 Å². The summed E-state index contributed by atoms with van der Waals surface area (Å²) in [5.74, 6) is -0.765. The highest BCUT2D eigenvalue weighted by Crippen LogP contribution is 2.26. The first-order valence-electron chi connectivity index (χ1n) is 5.89. The van der Waals surface area contributed by atoms with Gasteiger partial charge in [0, 0.05) is 18.7 Å². The average Bonchev–Trinajstić information content (AvgIpc) is 2.41. The van der Waals surface area contributed by atoms with Gasteiger partial charge in [0.2, 0.25) is 5.91 Å². The van der Waals surface area contributed by atoms with Crippen LogP contribution in [-0.2, 0) is 9.59 Å². The molecular weight excluding hydrogens is 315 g/mol. The highest BCUT2D eigenvalue weighted by Gasteiger charge is 2.37. The molecule has 0 bridgehead atoms. The second-order valence-electron chi connectivity index (χ2n) is 4.98. The van der Waals surface area contributed by atoms with E-state index in [2.05, 4.69) is 21.2 Å². The van der Waals surface area contributed by atoms with Gasteiger partial charge in [-0.1, -0.05) is 0 Å². The normalized spacial score (nSPS) is 19.1. The molecule has 0 spiro atoms. The predicted octanol–water partition coefficient (Wildman–Crippen LogP) is 2.22. The molecule has 1 aliphatic rings. The van der Waals surface area contributed by atoms with Crippen LogP contribution in [0.15, 0.2) is 22.7 Å². The van der Waals surface area contributed by atoms with Gasteiger partial charge in [-0.05, 0) is 48.0 Å². The van der Waals surface area contributed by atoms with Crippen molar-refractivity contribution in [2.45, 2.75) is 25.8 Å². The van der Waals surface area contributed by atoms with Crippen LogP contribution in [0.3, 0.4) is 0 Å². The van der Waals surface area contributed by atoms with Crippen LogP contribution in [0.1, 0.15) is 20.3 Å². The Morgan fingerprint density at radius 2 is 2.05 bits per heavy atom. The van der Waals surface area contributed by atoms with E-state index in [1.54, 1.807) is 19.9 Å². The quantitative estimate of drug-likeness (QED) is 0.859. The third kappa shape index (κ3) is 2.78. The van der Waals surface area contributed by atoms with E-state index in [1.165, 1.54) is 17.0 Å². The third-order valence-electron chi connectivity index (χ3n) is 3.01. The average molecular weight is 329 g/mol. The van der Waals surface area contributed by atoms with E-state index in [4.69, 9.17) is 0 Å². The SMILES string of the molecule is CC1(C)NC(=O)CCN(c2ccc(F)c(Br)c2)C1=O. The highest BCUT2D eigenvalue weighted by molar-refractivity contribution is 9.10. The number of hydrogen-bond acceptors (Lipinski definition) is 2. The number of anilines is 1. The molecule has 0 radical (unpaired) electrons. The third-order valence-corrected chi connectivity index (χ3v) is 3.62. The summed E-state index contributed by atoms with van der Waals surface area (Å²) in [6.45, 7) is 3.60. The highest BCUT2D eigenvalue weighted by atomic mass is 79.9. The molecule has 1 N–H and O–H groups in total. The molecular formula is C13H14BrFN2O2. The van der Waals surface area contributed by atoms with Gasteiger partial charge in [0.25, 0.3) is 5.91 Å². The molecule has 1 fully saturated rings. The molecule has 1 aromatic rings. The minimum Gasteiger partial charge on any atom is -0.342 e.